The first-order chi connectivity index (χ1) is 9.77. The quantitative estimate of drug-likeness (QED) is 0.749. The zero-order valence-electron chi connectivity index (χ0n) is 10.8. The van der Waals surface area contributed by atoms with Crippen LogP contribution in [0.15, 0.2) is 79.1 Å². The van der Waals surface area contributed by atoms with E-state index in [1.54, 1.807) is 29.2 Å². The molecule has 3 rings (SSSR count). The minimum absolute atomic E-state index is 0.125. The predicted molar refractivity (Wildman–Crippen MR) is 73.8 cm³/mol. The third kappa shape index (κ3) is 2.13. The minimum Gasteiger partial charge on any atom is -0.825 e. The number of quaternary nitrogens is 1. The van der Waals surface area contributed by atoms with Gasteiger partial charge in [-0.05, 0) is 12.1 Å². The van der Waals surface area contributed by atoms with E-state index in [1.807, 2.05) is 48.5 Å². The van der Waals surface area contributed by atoms with Gasteiger partial charge in [0.25, 0.3) is 5.70 Å². The summed E-state index contributed by atoms with van der Waals surface area (Å²) in [6.45, 7) is 0. The molecule has 0 saturated carbocycles. The van der Waals surface area contributed by atoms with Crippen molar-refractivity contribution in [1.82, 2.24) is 0 Å². The summed E-state index contributed by atoms with van der Waals surface area (Å²) >= 11 is 0. The van der Waals surface area contributed by atoms with Gasteiger partial charge in [0.15, 0.2) is 18.3 Å². The van der Waals surface area contributed by atoms with Gasteiger partial charge in [-0.15, -0.1) is 0 Å². The van der Waals surface area contributed by atoms with Crippen LogP contribution in [0.1, 0.15) is 0 Å². The molecule has 0 radical (unpaired) electrons. The maximum absolute atomic E-state index is 12.6. The number of nitrogens with zero attached hydrogens (tertiary/aromatic N) is 1. The van der Waals surface area contributed by atoms with E-state index in [-0.39, 0.29) is 11.6 Å². The van der Waals surface area contributed by atoms with E-state index in [1.165, 1.54) is 0 Å². The number of pyridine rings is 1. The smallest absolute Gasteiger partial charge is 0.283 e. The van der Waals surface area contributed by atoms with Crippen molar-refractivity contribution in [3.8, 4) is 0 Å². The third-order valence-electron chi connectivity index (χ3n) is 3.19. The summed E-state index contributed by atoms with van der Waals surface area (Å²) in [6, 6.07) is 15.1. The number of allylic oxidation sites excluding steroid dienone is 2. The van der Waals surface area contributed by atoms with Crippen molar-refractivity contribution in [2.45, 2.75) is 0 Å². The molecule has 1 aromatic heterocycles. The standard InChI is InChI=1S/C16H13N3O/c17-14-9-12-19(13-7-3-1-4-8-13)16(20)15(14)18-10-5-2-6-11-18/h1-12H,(H-,17,20)/p+1. The highest BCUT2D eigenvalue weighted by molar-refractivity contribution is 6.20. The fourth-order valence-corrected chi connectivity index (χ4v) is 2.22. The summed E-state index contributed by atoms with van der Waals surface area (Å²) < 4.78 is 1.69. The summed E-state index contributed by atoms with van der Waals surface area (Å²) in [5, 5.41) is 20.6. The van der Waals surface area contributed by atoms with Crippen LogP contribution in [0.4, 0.5) is 5.69 Å². The molecule has 0 aliphatic carbocycles. The Morgan fingerprint density at radius 3 is 2.30 bits per heavy atom. The van der Waals surface area contributed by atoms with Crippen LogP contribution in [0.2, 0.25) is 0 Å². The van der Waals surface area contributed by atoms with Gasteiger partial charge in [-0.3, -0.25) is 5.41 Å². The molecule has 1 aliphatic heterocycles. The van der Waals surface area contributed by atoms with Crippen LogP contribution in [0, 0.1) is 5.41 Å². The number of hydrogen-bond acceptors (Lipinski definition) is 2. The highest BCUT2D eigenvalue weighted by Crippen LogP contribution is 2.07. The molecule has 1 aliphatic rings. The van der Waals surface area contributed by atoms with Crippen molar-refractivity contribution < 1.29 is 14.6 Å². The Balaban J connectivity index is 2.10. The Morgan fingerprint density at radius 2 is 1.60 bits per heavy atom. The van der Waals surface area contributed by atoms with E-state index in [4.69, 9.17) is 5.41 Å². The van der Waals surface area contributed by atoms with Crippen LogP contribution in [0.25, 0.3) is 5.70 Å². The van der Waals surface area contributed by atoms with Gasteiger partial charge in [-0.1, -0.05) is 24.3 Å². The molecule has 0 bridgehead atoms. The fraction of sp³-hybridized carbons (Fsp3) is 0. The maximum Gasteiger partial charge on any atom is 0.283 e. The second kappa shape index (κ2) is 5.11. The highest BCUT2D eigenvalue weighted by Gasteiger charge is 2.27. The molecule has 2 aromatic rings. The lowest BCUT2D eigenvalue weighted by atomic mass is 10.2. The van der Waals surface area contributed by atoms with Gasteiger partial charge in [0.2, 0.25) is 0 Å². The third-order valence-corrected chi connectivity index (χ3v) is 3.19. The molecule has 4 heteroatoms. The van der Waals surface area contributed by atoms with Crippen LogP contribution in [0.5, 0.6) is 0 Å². The van der Waals surface area contributed by atoms with Crippen LogP contribution >= 0.6 is 0 Å². The van der Waals surface area contributed by atoms with Gasteiger partial charge in [0, 0.05) is 18.2 Å². The van der Waals surface area contributed by atoms with Crippen LogP contribution in [0.3, 0.4) is 0 Å². The van der Waals surface area contributed by atoms with Gasteiger partial charge in [-0.2, -0.15) is 4.57 Å². The van der Waals surface area contributed by atoms with Gasteiger partial charge in [0.05, 0.1) is 0 Å². The van der Waals surface area contributed by atoms with E-state index in [0.717, 1.165) is 5.69 Å². The highest BCUT2D eigenvalue weighted by atomic mass is 16.3. The molecule has 2 heterocycles. The lowest BCUT2D eigenvalue weighted by Crippen LogP contribution is -3.03. The maximum atomic E-state index is 12.6. The Bertz CT molecular complexity index is 690. The first-order valence-electron chi connectivity index (χ1n) is 6.35. The lowest BCUT2D eigenvalue weighted by molar-refractivity contribution is -0.804. The van der Waals surface area contributed by atoms with Gasteiger partial charge in [0.1, 0.15) is 17.6 Å². The molecule has 98 valence electrons. The van der Waals surface area contributed by atoms with E-state index < -0.39 is 0 Å². The molecule has 20 heavy (non-hydrogen) atoms. The average molecular weight is 264 g/mol. The molecular formula is C16H14N3O+. The summed E-state index contributed by atoms with van der Waals surface area (Å²) in [7, 11) is 0. The largest absolute Gasteiger partial charge is 0.825 e. The summed E-state index contributed by atoms with van der Waals surface area (Å²) in [6.07, 6.45) is 6.94. The molecule has 0 saturated heterocycles. The first kappa shape index (κ1) is 12.3. The van der Waals surface area contributed by atoms with E-state index in [2.05, 4.69) is 0 Å². The number of aromatic nitrogens is 1. The molecular weight excluding hydrogens is 250 g/mol. The molecule has 0 amide bonds. The number of benzene rings is 1. The SMILES string of the molecule is N=C1C=C[NH+](c2ccccc2)C([O-])=C1[n+]1ccccc1. The first-order valence-corrected chi connectivity index (χ1v) is 6.35. The van der Waals surface area contributed by atoms with Crippen molar-refractivity contribution >= 4 is 17.1 Å². The van der Waals surface area contributed by atoms with E-state index in [0.29, 0.717) is 10.6 Å². The Hall–Kier alpha value is -2.72. The number of nitrogens with one attached hydrogen (secondary N) is 2. The normalized spacial score (nSPS) is 18.4. The van der Waals surface area contributed by atoms with Crippen molar-refractivity contribution in [3.63, 3.8) is 0 Å². The molecule has 2 N–H and O–H groups in total. The Kier molecular flexibility index (Phi) is 3.15. The van der Waals surface area contributed by atoms with Crippen LogP contribution < -0.4 is 14.6 Å². The van der Waals surface area contributed by atoms with Crippen LogP contribution in [-0.4, -0.2) is 5.71 Å². The topological polar surface area (TPSA) is 55.2 Å². The monoisotopic (exact) mass is 264 g/mol. The Morgan fingerprint density at radius 1 is 0.950 bits per heavy atom. The van der Waals surface area contributed by atoms with Crippen LogP contribution in [-0.2, 0) is 0 Å². The molecule has 1 atom stereocenters. The van der Waals surface area contributed by atoms with Crippen molar-refractivity contribution in [2.75, 3.05) is 0 Å². The fourth-order valence-electron chi connectivity index (χ4n) is 2.22. The molecule has 1 aromatic carbocycles. The minimum atomic E-state index is -0.125. The van der Waals surface area contributed by atoms with E-state index >= 15 is 0 Å². The molecule has 1 unspecified atom stereocenters. The number of para-hydroxylation sites is 1. The molecule has 0 fully saturated rings. The van der Waals surface area contributed by atoms with Crippen molar-refractivity contribution in [1.29, 1.82) is 5.41 Å². The summed E-state index contributed by atoms with van der Waals surface area (Å²) in [4.78, 5) is 0.618. The van der Waals surface area contributed by atoms with Crippen molar-refractivity contribution in [3.05, 3.63) is 79.1 Å². The van der Waals surface area contributed by atoms with Gasteiger partial charge < -0.3 is 5.11 Å². The number of rotatable bonds is 2. The predicted octanol–water partition coefficient (Wildman–Crippen LogP) is 0.224. The zero-order chi connectivity index (χ0) is 13.9. The second-order valence-electron chi connectivity index (χ2n) is 4.49. The lowest BCUT2D eigenvalue weighted by Gasteiger charge is -2.23. The summed E-state index contributed by atoms with van der Waals surface area (Å²) in [5.74, 6) is -0.125. The molecule has 0 spiro atoms. The van der Waals surface area contributed by atoms with Crippen molar-refractivity contribution in [2.24, 2.45) is 0 Å². The van der Waals surface area contributed by atoms with Gasteiger partial charge >= 0.3 is 0 Å². The number of hydrogen-bond donors (Lipinski definition) is 2. The average Bonchev–Trinajstić information content (AvgIpc) is 2.49. The van der Waals surface area contributed by atoms with E-state index in [9.17, 15) is 5.11 Å². The second-order valence-corrected chi connectivity index (χ2v) is 4.49. The molecule has 4 nitrogen and oxygen atoms in total. The van der Waals surface area contributed by atoms with Gasteiger partial charge in [-0.25, -0.2) is 4.90 Å². The zero-order valence-corrected chi connectivity index (χ0v) is 10.8. The summed E-state index contributed by atoms with van der Waals surface area (Å²) in [5.41, 5.74) is 1.48. The Labute approximate surface area is 117 Å².